The highest BCUT2D eigenvalue weighted by atomic mass is 32.1. The zero-order valence-electron chi connectivity index (χ0n) is 17.7. The van der Waals surface area contributed by atoms with Gasteiger partial charge in [-0.1, -0.05) is 30.3 Å². The molecule has 1 aromatic carbocycles. The van der Waals surface area contributed by atoms with Gasteiger partial charge in [0, 0.05) is 6.42 Å². The molecular formula is C20H30N4O8S. The molecule has 0 spiro atoms. The first-order valence-electron chi connectivity index (χ1n) is 10.2. The molecule has 0 radical (unpaired) electrons. The normalized spacial score (nSPS) is 26.8. The summed E-state index contributed by atoms with van der Waals surface area (Å²) in [5.41, 5.74) is 12.1. The van der Waals surface area contributed by atoms with Gasteiger partial charge in [-0.25, -0.2) is 0 Å². The van der Waals surface area contributed by atoms with E-state index in [1.165, 1.54) is 0 Å². The van der Waals surface area contributed by atoms with Gasteiger partial charge in [-0.3, -0.25) is 14.4 Å². The second-order valence-corrected chi connectivity index (χ2v) is 7.87. The number of ether oxygens (including phenoxy) is 2. The Balaban J connectivity index is 2.00. The lowest BCUT2D eigenvalue weighted by molar-refractivity contribution is -0.270. The summed E-state index contributed by atoms with van der Waals surface area (Å²) in [5, 5.41) is 34.6. The van der Waals surface area contributed by atoms with Crippen LogP contribution in [-0.4, -0.2) is 94.7 Å². The summed E-state index contributed by atoms with van der Waals surface area (Å²) < 4.78 is 10.9. The molecule has 13 heteroatoms. The largest absolute Gasteiger partial charge is 0.394 e. The van der Waals surface area contributed by atoms with Crippen LogP contribution in [0.15, 0.2) is 30.3 Å². The lowest BCUT2D eigenvalue weighted by Gasteiger charge is -2.42. The van der Waals surface area contributed by atoms with Gasteiger partial charge in [0.25, 0.3) is 0 Å². The molecule has 0 bridgehead atoms. The molecule has 1 heterocycles. The monoisotopic (exact) mass is 486 g/mol. The van der Waals surface area contributed by atoms with Crippen molar-refractivity contribution in [2.45, 2.75) is 49.1 Å². The lowest BCUT2D eigenvalue weighted by Crippen LogP contribution is -2.65. The molecular weight excluding hydrogens is 456 g/mol. The van der Waals surface area contributed by atoms with Gasteiger partial charge in [0.05, 0.1) is 19.0 Å². The van der Waals surface area contributed by atoms with Crippen molar-refractivity contribution < 1.29 is 39.2 Å². The Morgan fingerprint density at radius 3 is 2.42 bits per heavy atom. The molecule has 0 saturated carbocycles. The predicted molar refractivity (Wildman–Crippen MR) is 119 cm³/mol. The zero-order valence-corrected chi connectivity index (χ0v) is 18.6. The number of thiol groups is 1. The van der Waals surface area contributed by atoms with Gasteiger partial charge < -0.3 is 46.9 Å². The molecule has 1 fully saturated rings. The quantitative estimate of drug-likeness (QED) is 0.145. The Labute approximate surface area is 196 Å². The molecule has 2 rings (SSSR count). The number of hydrogen-bond donors (Lipinski definition) is 8. The third-order valence-electron chi connectivity index (χ3n) is 5.07. The van der Waals surface area contributed by atoms with Crippen LogP contribution in [0.4, 0.5) is 0 Å². The smallest absolute Gasteiger partial charge is 0.240 e. The summed E-state index contributed by atoms with van der Waals surface area (Å²) in [6.45, 7) is -1.06. The SMILES string of the molecule is NC(=O)[C@H](Cc1ccccc1)NC(=O)[C@@H](N)CO[C@@H]1O[C@H](CO)[C@@H](O)[C@H](O)[C@H]1NC(=O)CS. The summed E-state index contributed by atoms with van der Waals surface area (Å²) >= 11 is 3.84. The summed E-state index contributed by atoms with van der Waals surface area (Å²) in [4.78, 5) is 36.0. The van der Waals surface area contributed by atoms with Gasteiger partial charge in [-0.15, -0.1) is 0 Å². The highest BCUT2D eigenvalue weighted by Crippen LogP contribution is 2.22. The van der Waals surface area contributed by atoms with Crippen molar-refractivity contribution in [3.63, 3.8) is 0 Å². The summed E-state index contributed by atoms with van der Waals surface area (Å²) in [5.74, 6) is -2.23. The fourth-order valence-corrected chi connectivity index (χ4v) is 3.33. The molecule has 1 aromatic rings. The third-order valence-corrected chi connectivity index (χ3v) is 5.36. The van der Waals surface area contributed by atoms with Crippen LogP contribution in [0.3, 0.4) is 0 Å². The molecule has 1 aliphatic heterocycles. The summed E-state index contributed by atoms with van der Waals surface area (Å²) in [6.07, 6.45) is -5.38. The van der Waals surface area contributed by atoms with Crippen molar-refractivity contribution in [2.75, 3.05) is 19.0 Å². The number of amides is 3. The number of nitrogens with two attached hydrogens (primary N) is 2. The number of rotatable bonds is 11. The van der Waals surface area contributed by atoms with Crippen LogP contribution < -0.4 is 22.1 Å². The molecule has 1 saturated heterocycles. The van der Waals surface area contributed by atoms with E-state index < -0.39 is 73.7 Å². The fraction of sp³-hybridized carbons (Fsp3) is 0.550. The minimum absolute atomic E-state index is 0.168. The minimum Gasteiger partial charge on any atom is -0.394 e. The average molecular weight is 487 g/mol. The second-order valence-electron chi connectivity index (χ2n) is 7.55. The number of carbonyl (C=O) groups excluding carboxylic acids is 3. The maximum absolute atomic E-state index is 12.5. The molecule has 0 aliphatic carbocycles. The van der Waals surface area contributed by atoms with Crippen LogP contribution >= 0.6 is 12.6 Å². The number of benzene rings is 1. The van der Waals surface area contributed by atoms with E-state index in [0.717, 1.165) is 5.56 Å². The zero-order chi connectivity index (χ0) is 24.5. The van der Waals surface area contributed by atoms with E-state index in [9.17, 15) is 29.7 Å². The maximum Gasteiger partial charge on any atom is 0.240 e. The van der Waals surface area contributed by atoms with Crippen LogP contribution in [0.25, 0.3) is 0 Å². The third kappa shape index (κ3) is 7.64. The number of aliphatic hydroxyl groups excluding tert-OH is 3. The molecule has 7 atom stereocenters. The number of primary amides is 1. The number of nitrogens with one attached hydrogen (secondary N) is 2. The van der Waals surface area contributed by atoms with Gasteiger partial charge in [0.15, 0.2) is 6.29 Å². The van der Waals surface area contributed by atoms with E-state index in [2.05, 4.69) is 23.3 Å². The van der Waals surface area contributed by atoms with E-state index in [-0.39, 0.29) is 12.2 Å². The van der Waals surface area contributed by atoms with Gasteiger partial charge in [-0.05, 0) is 5.56 Å². The van der Waals surface area contributed by atoms with Crippen molar-refractivity contribution in [1.29, 1.82) is 0 Å². The Hall–Kier alpha value is -2.26. The van der Waals surface area contributed by atoms with E-state index in [0.29, 0.717) is 0 Å². The van der Waals surface area contributed by atoms with E-state index >= 15 is 0 Å². The first-order valence-corrected chi connectivity index (χ1v) is 10.8. The Kier molecular flexibility index (Phi) is 10.5. The van der Waals surface area contributed by atoms with E-state index in [1.54, 1.807) is 24.3 Å². The molecule has 33 heavy (non-hydrogen) atoms. The lowest BCUT2D eigenvalue weighted by atomic mass is 9.97. The van der Waals surface area contributed by atoms with Crippen LogP contribution in [0.1, 0.15) is 5.56 Å². The summed E-state index contributed by atoms with van der Waals surface area (Å²) in [7, 11) is 0. The molecule has 9 N–H and O–H groups in total. The number of carbonyl (C=O) groups is 3. The van der Waals surface area contributed by atoms with Crippen molar-refractivity contribution in [3.8, 4) is 0 Å². The number of aliphatic hydroxyl groups is 3. The maximum atomic E-state index is 12.5. The minimum atomic E-state index is -1.53. The van der Waals surface area contributed by atoms with Gasteiger partial charge >= 0.3 is 0 Å². The van der Waals surface area contributed by atoms with Gasteiger partial charge in [-0.2, -0.15) is 12.6 Å². The van der Waals surface area contributed by atoms with Gasteiger partial charge in [0.1, 0.15) is 36.4 Å². The second kappa shape index (κ2) is 12.8. The van der Waals surface area contributed by atoms with E-state index in [4.69, 9.17) is 20.9 Å². The van der Waals surface area contributed by atoms with Crippen molar-refractivity contribution in [3.05, 3.63) is 35.9 Å². The average Bonchev–Trinajstić information content (AvgIpc) is 2.81. The van der Waals surface area contributed by atoms with Crippen molar-refractivity contribution >= 4 is 30.4 Å². The molecule has 0 unspecified atom stereocenters. The molecule has 184 valence electrons. The van der Waals surface area contributed by atoms with Crippen LogP contribution in [0.2, 0.25) is 0 Å². The van der Waals surface area contributed by atoms with Gasteiger partial charge in [0.2, 0.25) is 17.7 Å². The van der Waals surface area contributed by atoms with E-state index in [1.807, 2.05) is 6.07 Å². The highest BCUT2D eigenvalue weighted by Gasteiger charge is 2.45. The van der Waals surface area contributed by atoms with Crippen LogP contribution in [0, 0.1) is 0 Å². The molecule has 12 nitrogen and oxygen atoms in total. The van der Waals surface area contributed by atoms with Crippen LogP contribution in [0.5, 0.6) is 0 Å². The predicted octanol–water partition coefficient (Wildman–Crippen LogP) is -3.60. The molecule has 0 aromatic heterocycles. The molecule has 3 amide bonds. The highest BCUT2D eigenvalue weighted by molar-refractivity contribution is 7.81. The Bertz CT molecular complexity index is 802. The van der Waals surface area contributed by atoms with Crippen LogP contribution in [-0.2, 0) is 30.3 Å². The standard InChI is InChI=1S/C20H30N4O8S/c21-11(19(30)23-12(18(22)29)6-10-4-2-1-3-5-10)8-31-20-15(24-14(26)9-33)17(28)16(27)13(7-25)32-20/h1-5,11-13,15-17,20,25,27-28,33H,6-9,21H2,(H2,22,29)(H,23,30)(H,24,26)/t11-,12-,13+,15+,16+,17+,20+/m0/s1. The Morgan fingerprint density at radius 1 is 1.18 bits per heavy atom. The van der Waals surface area contributed by atoms with Crippen molar-refractivity contribution in [1.82, 2.24) is 10.6 Å². The number of hydrogen-bond acceptors (Lipinski definition) is 10. The molecule has 1 aliphatic rings. The Morgan fingerprint density at radius 2 is 1.85 bits per heavy atom. The van der Waals surface area contributed by atoms with Crippen molar-refractivity contribution in [2.24, 2.45) is 11.5 Å². The topological polar surface area (TPSA) is 206 Å². The first-order chi connectivity index (χ1) is 15.7. The fourth-order valence-electron chi connectivity index (χ4n) is 3.24. The first kappa shape index (κ1) is 27.0. The summed E-state index contributed by atoms with van der Waals surface area (Å²) in [6, 6.07) is 5.46.